The lowest BCUT2D eigenvalue weighted by atomic mass is 10.2. The molecule has 0 aromatic heterocycles. The van der Waals surface area contributed by atoms with Crippen molar-refractivity contribution in [3.63, 3.8) is 0 Å². The Labute approximate surface area is 105 Å². The molecule has 1 rings (SSSR count). The summed E-state index contributed by atoms with van der Waals surface area (Å²) in [4.78, 5) is 22.5. The highest BCUT2D eigenvalue weighted by Gasteiger charge is 2.11. The Morgan fingerprint density at radius 3 is 2.39 bits per heavy atom. The zero-order chi connectivity index (χ0) is 13.4. The fraction of sp³-hybridized carbons (Fsp3) is 0.231. The highest BCUT2D eigenvalue weighted by Crippen LogP contribution is 2.01. The van der Waals surface area contributed by atoms with E-state index >= 15 is 0 Å². The van der Waals surface area contributed by atoms with Crippen molar-refractivity contribution in [1.29, 1.82) is 0 Å². The van der Waals surface area contributed by atoms with Crippen molar-refractivity contribution in [3.8, 4) is 0 Å². The van der Waals surface area contributed by atoms with Crippen LogP contribution in [0, 0.1) is 0 Å². The zero-order valence-electron chi connectivity index (χ0n) is 10.3. The van der Waals surface area contributed by atoms with Gasteiger partial charge in [0.2, 0.25) is 0 Å². The SMILES string of the molecule is COC(=O)/C=C(/NCc1ccccc1)C(=O)OC. The number of ether oxygens (including phenoxy) is 2. The van der Waals surface area contributed by atoms with E-state index in [4.69, 9.17) is 0 Å². The molecule has 0 bridgehead atoms. The molecule has 0 saturated heterocycles. The molecule has 5 heteroatoms. The monoisotopic (exact) mass is 249 g/mol. The number of hydrogen-bond donors (Lipinski definition) is 1. The van der Waals surface area contributed by atoms with E-state index in [2.05, 4.69) is 14.8 Å². The fourth-order valence-corrected chi connectivity index (χ4v) is 1.26. The van der Waals surface area contributed by atoms with Crippen LogP contribution in [0.3, 0.4) is 0 Å². The number of carbonyl (C=O) groups excluding carboxylic acids is 2. The van der Waals surface area contributed by atoms with Gasteiger partial charge in [-0.2, -0.15) is 0 Å². The van der Waals surface area contributed by atoms with Crippen LogP contribution in [-0.2, 0) is 25.6 Å². The van der Waals surface area contributed by atoms with Gasteiger partial charge in [0.25, 0.3) is 0 Å². The van der Waals surface area contributed by atoms with E-state index in [1.54, 1.807) is 0 Å². The van der Waals surface area contributed by atoms with E-state index in [1.807, 2.05) is 30.3 Å². The highest BCUT2D eigenvalue weighted by molar-refractivity contribution is 5.95. The second kappa shape index (κ2) is 7.11. The quantitative estimate of drug-likeness (QED) is 0.623. The van der Waals surface area contributed by atoms with Gasteiger partial charge in [-0.15, -0.1) is 0 Å². The van der Waals surface area contributed by atoms with E-state index < -0.39 is 11.9 Å². The molecule has 96 valence electrons. The summed E-state index contributed by atoms with van der Waals surface area (Å²) in [5.41, 5.74) is 1.05. The average molecular weight is 249 g/mol. The molecule has 0 amide bonds. The average Bonchev–Trinajstić information content (AvgIpc) is 2.43. The molecule has 0 radical (unpaired) electrons. The molecular formula is C13H15NO4. The van der Waals surface area contributed by atoms with Crippen LogP contribution in [0.2, 0.25) is 0 Å². The third-order valence-electron chi connectivity index (χ3n) is 2.19. The smallest absolute Gasteiger partial charge is 0.354 e. The van der Waals surface area contributed by atoms with Gasteiger partial charge in [-0.25, -0.2) is 9.59 Å². The number of rotatable bonds is 5. The van der Waals surface area contributed by atoms with Crippen molar-refractivity contribution >= 4 is 11.9 Å². The molecule has 0 saturated carbocycles. The molecule has 0 fully saturated rings. The van der Waals surface area contributed by atoms with E-state index in [0.717, 1.165) is 11.6 Å². The number of methoxy groups -OCH3 is 2. The maximum atomic E-state index is 11.4. The summed E-state index contributed by atoms with van der Waals surface area (Å²) in [5.74, 6) is -1.23. The van der Waals surface area contributed by atoms with Crippen LogP contribution >= 0.6 is 0 Å². The largest absolute Gasteiger partial charge is 0.466 e. The van der Waals surface area contributed by atoms with Gasteiger partial charge in [0.15, 0.2) is 0 Å². The van der Waals surface area contributed by atoms with E-state index in [0.29, 0.717) is 6.54 Å². The molecular weight excluding hydrogens is 234 g/mol. The van der Waals surface area contributed by atoms with Crippen molar-refractivity contribution in [1.82, 2.24) is 5.32 Å². The molecule has 0 aliphatic heterocycles. The third-order valence-corrected chi connectivity index (χ3v) is 2.19. The highest BCUT2D eigenvalue weighted by atomic mass is 16.5. The first-order valence-electron chi connectivity index (χ1n) is 5.33. The maximum Gasteiger partial charge on any atom is 0.354 e. The standard InChI is InChI=1S/C13H15NO4/c1-17-12(15)8-11(13(16)18-2)14-9-10-6-4-3-5-7-10/h3-8,14H,9H2,1-2H3/b11-8+. The summed E-state index contributed by atoms with van der Waals surface area (Å²) in [6, 6.07) is 9.48. The van der Waals surface area contributed by atoms with Gasteiger partial charge in [0, 0.05) is 6.54 Å². The number of benzene rings is 1. The van der Waals surface area contributed by atoms with Crippen LogP contribution in [0.5, 0.6) is 0 Å². The van der Waals surface area contributed by atoms with Gasteiger partial charge < -0.3 is 14.8 Å². The van der Waals surface area contributed by atoms with Crippen molar-refractivity contribution < 1.29 is 19.1 Å². The summed E-state index contributed by atoms with van der Waals surface area (Å²) in [5, 5.41) is 2.84. The molecule has 0 aliphatic carbocycles. The molecule has 1 N–H and O–H groups in total. The third kappa shape index (κ3) is 4.29. The Kier molecular flexibility index (Phi) is 5.44. The Balaban J connectivity index is 2.71. The minimum Gasteiger partial charge on any atom is -0.466 e. The number of nitrogens with one attached hydrogen (secondary N) is 1. The van der Waals surface area contributed by atoms with Crippen LogP contribution in [0.4, 0.5) is 0 Å². The minimum atomic E-state index is -0.615. The Bertz CT molecular complexity index is 440. The Morgan fingerprint density at radius 1 is 1.17 bits per heavy atom. The van der Waals surface area contributed by atoms with Crippen molar-refractivity contribution in [2.75, 3.05) is 14.2 Å². The first kappa shape index (κ1) is 13.8. The maximum absolute atomic E-state index is 11.4. The summed E-state index contributed by atoms with van der Waals surface area (Å²) in [6.45, 7) is 0.415. The summed E-state index contributed by atoms with van der Waals surface area (Å²) in [7, 11) is 2.49. The Morgan fingerprint density at radius 2 is 1.83 bits per heavy atom. The van der Waals surface area contributed by atoms with Crippen molar-refractivity contribution in [2.45, 2.75) is 6.54 Å². The molecule has 0 spiro atoms. The van der Waals surface area contributed by atoms with Gasteiger partial charge in [0.05, 0.1) is 20.3 Å². The summed E-state index contributed by atoms with van der Waals surface area (Å²) in [6.07, 6.45) is 1.06. The lowest BCUT2D eigenvalue weighted by Gasteiger charge is -2.08. The van der Waals surface area contributed by atoms with Crippen LogP contribution in [-0.4, -0.2) is 26.2 Å². The molecule has 1 aromatic carbocycles. The van der Waals surface area contributed by atoms with Gasteiger partial charge >= 0.3 is 11.9 Å². The van der Waals surface area contributed by atoms with E-state index in [9.17, 15) is 9.59 Å². The lowest BCUT2D eigenvalue weighted by molar-refractivity contribution is -0.138. The van der Waals surface area contributed by atoms with Crippen molar-refractivity contribution in [3.05, 3.63) is 47.7 Å². The van der Waals surface area contributed by atoms with Crippen LogP contribution in [0.1, 0.15) is 5.56 Å². The van der Waals surface area contributed by atoms with Crippen LogP contribution < -0.4 is 5.32 Å². The van der Waals surface area contributed by atoms with Crippen molar-refractivity contribution in [2.24, 2.45) is 0 Å². The normalized spacial score (nSPS) is 10.7. The molecule has 5 nitrogen and oxygen atoms in total. The van der Waals surface area contributed by atoms with Gasteiger partial charge in [0.1, 0.15) is 5.70 Å². The molecule has 0 atom stereocenters. The molecule has 0 unspecified atom stereocenters. The zero-order valence-corrected chi connectivity index (χ0v) is 10.3. The molecule has 1 aromatic rings. The molecule has 0 heterocycles. The predicted octanol–water partition coefficient (Wildman–Crippen LogP) is 1.01. The fourth-order valence-electron chi connectivity index (χ4n) is 1.26. The summed E-state index contributed by atoms with van der Waals surface area (Å²) < 4.78 is 9.03. The molecule has 18 heavy (non-hydrogen) atoms. The van der Waals surface area contributed by atoms with E-state index in [1.165, 1.54) is 14.2 Å². The first-order valence-corrected chi connectivity index (χ1v) is 5.33. The lowest BCUT2D eigenvalue weighted by Crippen LogP contribution is -2.22. The summed E-state index contributed by atoms with van der Waals surface area (Å²) >= 11 is 0. The van der Waals surface area contributed by atoms with Gasteiger partial charge in [-0.3, -0.25) is 0 Å². The van der Waals surface area contributed by atoms with Crippen LogP contribution in [0.15, 0.2) is 42.1 Å². The first-order chi connectivity index (χ1) is 8.67. The second-order valence-electron chi connectivity index (χ2n) is 3.41. The predicted molar refractivity (Wildman–Crippen MR) is 65.4 cm³/mol. The molecule has 0 aliphatic rings. The van der Waals surface area contributed by atoms with E-state index in [-0.39, 0.29) is 5.70 Å². The Hall–Kier alpha value is -2.30. The van der Waals surface area contributed by atoms with Gasteiger partial charge in [-0.05, 0) is 5.56 Å². The minimum absolute atomic E-state index is 0.0632. The number of carbonyl (C=O) groups is 2. The van der Waals surface area contributed by atoms with Gasteiger partial charge in [-0.1, -0.05) is 30.3 Å². The second-order valence-corrected chi connectivity index (χ2v) is 3.41. The number of esters is 2. The number of hydrogen-bond acceptors (Lipinski definition) is 5. The van der Waals surface area contributed by atoms with Crippen LogP contribution in [0.25, 0.3) is 0 Å². The topological polar surface area (TPSA) is 64.6 Å².